The molecule has 0 saturated carbocycles. The highest BCUT2D eigenvalue weighted by Crippen LogP contribution is 2.25. The molecule has 2 aromatic carbocycles. The van der Waals surface area contributed by atoms with Crippen molar-refractivity contribution in [3.63, 3.8) is 0 Å². The van der Waals surface area contributed by atoms with Crippen LogP contribution in [0, 0.1) is 13.8 Å². The highest BCUT2D eigenvalue weighted by atomic mass is 79.9. The van der Waals surface area contributed by atoms with Crippen molar-refractivity contribution in [1.82, 2.24) is 4.98 Å². The summed E-state index contributed by atoms with van der Waals surface area (Å²) in [6.45, 7) is 4.25. The molecule has 0 atom stereocenters. The number of halogens is 1. The number of fused-ring (bicyclic) bond motifs is 1. The van der Waals surface area contributed by atoms with Gasteiger partial charge in [0.25, 0.3) is 0 Å². The molecule has 3 rings (SSSR count). The molecule has 0 N–H and O–H groups in total. The summed E-state index contributed by atoms with van der Waals surface area (Å²) in [5, 5.41) is 1.23. The second kappa shape index (κ2) is 4.78. The lowest BCUT2D eigenvalue weighted by molar-refractivity contribution is 1.35. The van der Waals surface area contributed by atoms with E-state index in [4.69, 9.17) is 4.98 Å². The summed E-state index contributed by atoms with van der Waals surface area (Å²) in [7, 11) is 0. The Morgan fingerprint density at radius 2 is 1.63 bits per heavy atom. The van der Waals surface area contributed by atoms with Crippen LogP contribution in [0.1, 0.15) is 11.1 Å². The van der Waals surface area contributed by atoms with Gasteiger partial charge in [0.1, 0.15) is 0 Å². The number of nitrogens with zero attached hydrogens (tertiary/aromatic N) is 1. The largest absolute Gasteiger partial charge is 0.248 e. The average molecular weight is 312 g/mol. The van der Waals surface area contributed by atoms with Crippen LogP contribution in [0.3, 0.4) is 0 Å². The second-order valence-electron chi connectivity index (χ2n) is 4.85. The standard InChI is InChI=1S/C17H14BrN/c1-11-9-12(2)15-7-8-16(19-17(15)10-11)13-3-5-14(18)6-4-13/h3-10H,1-2H3. The van der Waals surface area contributed by atoms with Gasteiger partial charge in [-0.05, 0) is 49.2 Å². The molecule has 1 nitrogen and oxygen atoms in total. The van der Waals surface area contributed by atoms with Crippen LogP contribution < -0.4 is 0 Å². The first-order chi connectivity index (χ1) is 9.13. The van der Waals surface area contributed by atoms with Crippen LogP contribution in [0.25, 0.3) is 22.2 Å². The first kappa shape index (κ1) is 12.4. The van der Waals surface area contributed by atoms with Gasteiger partial charge in [0.05, 0.1) is 11.2 Å². The number of pyridine rings is 1. The van der Waals surface area contributed by atoms with E-state index < -0.39 is 0 Å². The topological polar surface area (TPSA) is 12.9 Å². The van der Waals surface area contributed by atoms with E-state index in [0.29, 0.717) is 0 Å². The van der Waals surface area contributed by atoms with Crippen molar-refractivity contribution >= 4 is 26.8 Å². The Labute approximate surface area is 121 Å². The molecule has 0 spiro atoms. The predicted octanol–water partition coefficient (Wildman–Crippen LogP) is 5.28. The van der Waals surface area contributed by atoms with Crippen molar-refractivity contribution in [2.75, 3.05) is 0 Å². The molecule has 0 bridgehead atoms. The van der Waals surface area contributed by atoms with Crippen molar-refractivity contribution in [3.8, 4) is 11.3 Å². The fourth-order valence-corrected chi connectivity index (χ4v) is 2.64. The van der Waals surface area contributed by atoms with Gasteiger partial charge in [0.2, 0.25) is 0 Å². The van der Waals surface area contributed by atoms with Crippen molar-refractivity contribution in [3.05, 3.63) is 64.1 Å². The predicted molar refractivity (Wildman–Crippen MR) is 84.4 cm³/mol. The Bertz CT molecular complexity index is 745. The first-order valence-corrected chi connectivity index (χ1v) is 7.07. The van der Waals surface area contributed by atoms with Gasteiger partial charge in [0, 0.05) is 15.4 Å². The second-order valence-corrected chi connectivity index (χ2v) is 5.77. The molecule has 0 amide bonds. The molecular weight excluding hydrogens is 298 g/mol. The van der Waals surface area contributed by atoms with Crippen LogP contribution in [-0.2, 0) is 0 Å². The van der Waals surface area contributed by atoms with E-state index in [-0.39, 0.29) is 0 Å². The summed E-state index contributed by atoms with van der Waals surface area (Å²) in [6.07, 6.45) is 0. The molecule has 0 aliphatic heterocycles. The van der Waals surface area contributed by atoms with Crippen molar-refractivity contribution in [1.29, 1.82) is 0 Å². The van der Waals surface area contributed by atoms with E-state index in [2.05, 4.69) is 66.2 Å². The van der Waals surface area contributed by atoms with E-state index in [0.717, 1.165) is 21.2 Å². The van der Waals surface area contributed by atoms with Crippen molar-refractivity contribution in [2.24, 2.45) is 0 Å². The van der Waals surface area contributed by atoms with Gasteiger partial charge in [-0.2, -0.15) is 0 Å². The summed E-state index contributed by atoms with van der Waals surface area (Å²) in [5.41, 5.74) is 5.77. The van der Waals surface area contributed by atoms with Gasteiger partial charge in [-0.15, -0.1) is 0 Å². The molecule has 0 unspecified atom stereocenters. The maximum Gasteiger partial charge on any atom is 0.0714 e. The van der Waals surface area contributed by atoms with Crippen LogP contribution in [0.4, 0.5) is 0 Å². The third kappa shape index (κ3) is 2.41. The maximum absolute atomic E-state index is 4.78. The van der Waals surface area contributed by atoms with Gasteiger partial charge >= 0.3 is 0 Å². The van der Waals surface area contributed by atoms with Crippen LogP contribution in [0.5, 0.6) is 0 Å². The average Bonchev–Trinajstić information content (AvgIpc) is 2.38. The number of aromatic nitrogens is 1. The molecule has 0 radical (unpaired) electrons. The van der Waals surface area contributed by atoms with Gasteiger partial charge in [-0.1, -0.05) is 40.2 Å². The zero-order valence-electron chi connectivity index (χ0n) is 10.9. The molecule has 0 aliphatic rings. The molecule has 1 heterocycles. The minimum absolute atomic E-state index is 1.02. The monoisotopic (exact) mass is 311 g/mol. The Hall–Kier alpha value is -1.67. The molecule has 19 heavy (non-hydrogen) atoms. The molecule has 3 aromatic rings. The summed E-state index contributed by atoms with van der Waals surface area (Å²) in [4.78, 5) is 4.78. The number of rotatable bonds is 1. The Morgan fingerprint density at radius 3 is 2.37 bits per heavy atom. The summed E-state index contributed by atoms with van der Waals surface area (Å²) in [6, 6.07) is 16.9. The van der Waals surface area contributed by atoms with E-state index >= 15 is 0 Å². The number of hydrogen-bond acceptors (Lipinski definition) is 1. The quantitative estimate of drug-likeness (QED) is 0.595. The minimum Gasteiger partial charge on any atom is -0.248 e. The Balaban J connectivity index is 2.18. The normalized spacial score (nSPS) is 10.9. The fraction of sp³-hybridized carbons (Fsp3) is 0.118. The summed E-state index contributed by atoms with van der Waals surface area (Å²) >= 11 is 3.46. The molecule has 94 valence electrons. The number of hydrogen-bond donors (Lipinski definition) is 0. The lowest BCUT2D eigenvalue weighted by Crippen LogP contribution is -1.88. The maximum atomic E-state index is 4.78. The number of benzene rings is 2. The molecule has 0 aliphatic carbocycles. The van der Waals surface area contributed by atoms with E-state index in [9.17, 15) is 0 Å². The SMILES string of the molecule is Cc1cc(C)c2ccc(-c3ccc(Br)cc3)nc2c1. The highest BCUT2D eigenvalue weighted by molar-refractivity contribution is 9.10. The van der Waals surface area contributed by atoms with Gasteiger partial charge in [-0.3, -0.25) is 0 Å². The van der Waals surface area contributed by atoms with E-state index in [1.807, 2.05) is 12.1 Å². The smallest absolute Gasteiger partial charge is 0.0714 e. The molecule has 1 aromatic heterocycles. The third-order valence-corrected chi connectivity index (χ3v) is 3.83. The highest BCUT2D eigenvalue weighted by Gasteiger charge is 2.04. The Morgan fingerprint density at radius 1 is 0.895 bits per heavy atom. The van der Waals surface area contributed by atoms with Crippen LogP contribution in [0.2, 0.25) is 0 Å². The molecule has 2 heteroatoms. The minimum atomic E-state index is 1.02. The molecule has 0 fully saturated rings. The van der Waals surface area contributed by atoms with Crippen molar-refractivity contribution in [2.45, 2.75) is 13.8 Å². The van der Waals surface area contributed by atoms with E-state index in [1.54, 1.807) is 0 Å². The zero-order valence-corrected chi connectivity index (χ0v) is 12.5. The first-order valence-electron chi connectivity index (χ1n) is 6.27. The Kier molecular flexibility index (Phi) is 3.11. The van der Waals surface area contributed by atoms with Gasteiger partial charge in [0.15, 0.2) is 0 Å². The summed E-state index contributed by atoms with van der Waals surface area (Å²) in [5.74, 6) is 0. The van der Waals surface area contributed by atoms with Crippen LogP contribution >= 0.6 is 15.9 Å². The molecule has 0 saturated heterocycles. The third-order valence-electron chi connectivity index (χ3n) is 3.30. The number of aryl methyl sites for hydroxylation is 2. The van der Waals surface area contributed by atoms with Crippen LogP contribution in [0.15, 0.2) is 53.0 Å². The fourth-order valence-electron chi connectivity index (χ4n) is 2.38. The molecular formula is C17H14BrN. The lowest BCUT2D eigenvalue weighted by atomic mass is 10.0. The summed E-state index contributed by atoms with van der Waals surface area (Å²) < 4.78 is 1.09. The van der Waals surface area contributed by atoms with Gasteiger partial charge in [-0.25, -0.2) is 4.98 Å². The zero-order chi connectivity index (χ0) is 13.4. The van der Waals surface area contributed by atoms with E-state index in [1.165, 1.54) is 16.5 Å². The van der Waals surface area contributed by atoms with Crippen LogP contribution in [-0.4, -0.2) is 4.98 Å². The van der Waals surface area contributed by atoms with Gasteiger partial charge < -0.3 is 0 Å². The van der Waals surface area contributed by atoms with Crippen molar-refractivity contribution < 1.29 is 0 Å². The lowest BCUT2D eigenvalue weighted by Gasteiger charge is -2.07.